The molecule has 0 radical (unpaired) electrons. The summed E-state index contributed by atoms with van der Waals surface area (Å²) in [7, 11) is 2.20. The van der Waals surface area contributed by atoms with Gasteiger partial charge in [0.25, 0.3) is 0 Å². The molecule has 1 saturated heterocycles. The van der Waals surface area contributed by atoms with Gasteiger partial charge in [0.2, 0.25) is 5.91 Å². The van der Waals surface area contributed by atoms with Crippen molar-refractivity contribution in [3.63, 3.8) is 0 Å². The zero-order valence-corrected chi connectivity index (χ0v) is 16.3. The van der Waals surface area contributed by atoms with Crippen molar-refractivity contribution in [1.82, 2.24) is 4.90 Å². The van der Waals surface area contributed by atoms with E-state index < -0.39 is 0 Å². The number of amides is 1. The largest absolute Gasteiger partial charge is 0.308 e. The average molecular weight is 343 g/mol. The zero-order valence-electron chi connectivity index (χ0n) is 16.3. The Morgan fingerprint density at radius 3 is 2.72 bits per heavy atom. The highest BCUT2D eigenvalue weighted by atomic mass is 16.2. The van der Waals surface area contributed by atoms with Crippen molar-refractivity contribution in [1.29, 1.82) is 0 Å². The third-order valence-corrected chi connectivity index (χ3v) is 5.97. The number of hydrogen-bond acceptors (Lipinski definition) is 2. The van der Waals surface area contributed by atoms with Gasteiger partial charge in [0.05, 0.1) is 0 Å². The molecule has 3 nitrogen and oxygen atoms in total. The molecule has 2 aliphatic rings. The lowest BCUT2D eigenvalue weighted by atomic mass is 9.89. The summed E-state index contributed by atoms with van der Waals surface area (Å²) < 4.78 is 0. The summed E-state index contributed by atoms with van der Waals surface area (Å²) >= 11 is 0. The summed E-state index contributed by atoms with van der Waals surface area (Å²) in [6.45, 7) is 6.56. The third-order valence-electron chi connectivity index (χ3n) is 5.97. The van der Waals surface area contributed by atoms with Gasteiger partial charge in [-0.1, -0.05) is 56.7 Å². The second-order valence-corrected chi connectivity index (χ2v) is 8.07. The number of carbonyl (C=O) groups excluding carboxylic acids is 1. The van der Waals surface area contributed by atoms with E-state index in [2.05, 4.69) is 48.9 Å². The van der Waals surface area contributed by atoms with E-state index in [0.29, 0.717) is 24.3 Å². The first-order chi connectivity index (χ1) is 12.1. The summed E-state index contributed by atoms with van der Waals surface area (Å²) in [5, 5.41) is 0. The summed E-state index contributed by atoms with van der Waals surface area (Å²) in [5.41, 5.74) is 3.88. The van der Waals surface area contributed by atoms with Gasteiger partial charge in [-0.25, -0.2) is 0 Å². The number of rotatable bonds is 7. The molecule has 2 unspecified atom stereocenters. The second kappa shape index (κ2) is 8.35. The lowest BCUT2D eigenvalue weighted by Gasteiger charge is -2.36. The molecule has 138 valence electrons. The fourth-order valence-electron chi connectivity index (χ4n) is 4.58. The molecule has 0 bridgehead atoms. The Hall–Kier alpha value is -1.35. The maximum Gasteiger partial charge on any atom is 0.227 e. The van der Waals surface area contributed by atoms with Gasteiger partial charge in [0, 0.05) is 30.6 Å². The highest BCUT2D eigenvalue weighted by Crippen LogP contribution is 2.45. The molecule has 0 aliphatic carbocycles. The first kappa shape index (κ1) is 18.4. The average Bonchev–Trinajstić information content (AvgIpc) is 2.91. The van der Waals surface area contributed by atoms with Crippen molar-refractivity contribution in [3.05, 3.63) is 29.3 Å². The SMILES string of the molecule is CCCCCCCCC(=O)N1c2ccc(C)cc2C2CN(C)CCC21. The van der Waals surface area contributed by atoms with E-state index in [1.165, 1.54) is 48.9 Å². The number of aryl methyl sites for hydroxylation is 1. The Labute approximate surface area is 153 Å². The van der Waals surface area contributed by atoms with Crippen LogP contribution in [0.5, 0.6) is 0 Å². The monoisotopic (exact) mass is 342 g/mol. The molecular weight excluding hydrogens is 308 g/mol. The first-order valence-corrected chi connectivity index (χ1v) is 10.2. The van der Waals surface area contributed by atoms with Gasteiger partial charge >= 0.3 is 0 Å². The summed E-state index contributed by atoms with van der Waals surface area (Å²) in [6.07, 6.45) is 9.22. The molecule has 1 fully saturated rings. The fourth-order valence-corrected chi connectivity index (χ4v) is 4.58. The van der Waals surface area contributed by atoms with Crippen LogP contribution in [0.4, 0.5) is 5.69 Å². The van der Waals surface area contributed by atoms with Crippen LogP contribution in [0.1, 0.15) is 75.3 Å². The molecule has 1 aromatic carbocycles. The van der Waals surface area contributed by atoms with E-state index in [1.54, 1.807) is 0 Å². The molecule has 3 rings (SSSR count). The van der Waals surface area contributed by atoms with Gasteiger partial charge in [0.1, 0.15) is 0 Å². The van der Waals surface area contributed by atoms with E-state index in [1.807, 2.05) is 0 Å². The number of benzene rings is 1. The molecule has 3 heteroatoms. The van der Waals surface area contributed by atoms with Gasteiger partial charge in [-0.3, -0.25) is 4.79 Å². The first-order valence-electron chi connectivity index (χ1n) is 10.2. The Balaban J connectivity index is 1.67. The molecule has 0 N–H and O–H groups in total. The number of likely N-dealkylation sites (tertiary alicyclic amines) is 1. The third kappa shape index (κ3) is 4.08. The second-order valence-electron chi connectivity index (χ2n) is 8.07. The van der Waals surface area contributed by atoms with E-state index in [9.17, 15) is 4.79 Å². The van der Waals surface area contributed by atoms with Crippen LogP contribution in [-0.4, -0.2) is 37.0 Å². The Kier molecular flexibility index (Phi) is 6.16. The van der Waals surface area contributed by atoms with Crippen molar-refractivity contribution < 1.29 is 4.79 Å². The number of nitrogens with zero attached hydrogens (tertiary/aromatic N) is 2. The molecule has 25 heavy (non-hydrogen) atoms. The van der Waals surface area contributed by atoms with Crippen LogP contribution in [0.2, 0.25) is 0 Å². The van der Waals surface area contributed by atoms with Gasteiger partial charge in [-0.2, -0.15) is 0 Å². The van der Waals surface area contributed by atoms with Crippen LogP contribution >= 0.6 is 0 Å². The van der Waals surface area contributed by atoms with Crippen LogP contribution in [0, 0.1) is 6.92 Å². The highest BCUT2D eigenvalue weighted by molar-refractivity contribution is 5.96. The number of unbranched alkanes of at least 4 members (excludes halogenated alkanes) is 5. The minimum atomic E-state index is 0.345. The van der Waals surface area contributed by atoms with Crippen molar-refractivity contribution >= 4 is 11.6 Å². The Morgan fingerprint density at radius 1 is 1.16 bits per heavy atom. The van der Waals surface area contributed by atoms with Crippen molar-refractivity contribution in [2.45, 2.75) is 77.2 Å². The highest BCUT2D eigenvalue weighted by Gasteiger charge is 2.43. The molecule has 0 spiro atoms. The van der Waals surface area contributed by atoms with Crippen LogP contribution in [-0.2, 0) is 4.79 Å². The van der Waals surface area contributed by atoms with Crippen LogP contribution < -0.4 is 4.90 Å². The van der Waals surface area contributed by atoms with Crippen LogP contribution in [0.3, 0.4) is 0 Å². The van der Waals surface area contributed by atoms with Crippen molar-refractivity contribution in [3.8, 4) is 0 Å². The Bertz CT molecular complexity index is 598. The zero-order chi connectivity index (χ0) is 17.8. The van der Waals surface area contributed by atoms with Crippen LogP contribution in [0.25, 0.3) is 0 Å². The lowest BCUT2D eigenvalue weighted by Crippen LogP contribution is -2.47. The number of carbonyl (C=O) groups is 1. The molecule has 2 atom stereocenters. The summed E-state index contributed by atoms with van der Waals surface area (Å²) in [6, 6.07) is 7.03. The van der Waals surface area contributed by atoms with E-state index in [4.69, 9.17) is 0 Å². The standard InChI is InChI=1S/C22H34N2O/c1-4-5-6-7-8-9-10-22(25)24-20-12-11-17(2)15-18(20)19-16-23(3)14-13-21(19)24/h11-12,15,19,21H,4-10,13-14,16H2,1-3H3. The molecule has 2 aliphatic heterocycles. The van der Waals surface area contributed by atoms with E-state index >= 15 is 0 Å². The minimum absolute atomic E-state index is 0.345. The van der Waals surface area contributed by atoms with Gasteiger partial charge < -0.3 is 9.80 Å². The normalized spacial score (nSPS) is 22.8. The van der Waals surface area contributed by atoms with Gasteiger partial charge in [0.15, 0.2) is 0 Å². The maximum atomic E-state index is 13.0. The number of anilines is 1. The van der Waals surface area contributed by atoms with Gasteiger partial charge in [-0.05, 0) is 45.0 Å². The summed E-state index contributed by atoms with van der Waals surface area (Å²) in [4.78, 5) is 17.6. The molecule has 2 heterocycles. The molecular formula is C22H34N2O. The van der Waals surface area contributed by atoms with Crippen molar-refractivity contribution in [2.24, 2.45) is 0 Å². The minimum Gasteiger partial charge on any atom is -0.308 e. The smallest absolute Gasteiger partial charge is 0.227 e. The molecule has 1 amide bonds. The predicted molar refractivity (Wildman–Crippen MR) is 105 cm³/mol. The predicted octanol–water partition coefficient (Wildman–Crippen LogP) is 4.88. The number of likely N-dealkylation sites (N-methyl/N-ethyl adjacent to an activating group) is 1. The molecule has 1 aromatic rings. The Morgan fingerprint density at radius 2 is 1.92 bits per heavy atom. The maximum absolute atomic E-state index is 13.0. The topological polar surface area (TPSA) is 23.6 Å². The van der Waals surface area contributed by atoms with Crippen LogP contribution in [0.15, 0.2) is 18.2 Å². The fraction of sp³-hybridized carbons (Fsp3) is 0.682. The quantitative estimate of drug-likeness (QED) is 0.659. The molecule has 0 aromatic heterocycles. The number of fused-ring (bicyclic) bond motifs is 3. The summed E-state index contributed by atoms with van der Waals surface area (Å²) in [5.74, 6) is 0.833. The van der Waals surface area contributed by atoms with Crippen molar-refractivity contribution in [2.75, 3.05) is 25.0 Å². The molecule has 0 saturated carbocycles. The van der Waals surface area contributed by atoms with E-state index in [-0.39, 0.29) is 0 Å². The number of hydrogen-bond donors (Lipinski definition) is 0. The van der Waals surface area contributed by atoms with Gasteiger partial charge in [-0.15, -0.1) is 0 Å². The number of piperidine rings is 1. The van der Waals surface area contributed by atoms with E-state index in [0.717, 1.165) is 25.9 Å². The lowest BCUT2D eigenvalue weighted by molar-refractivity contribution is -0.119.